The molecule has 6 rings (SSSR count). The summed E-state index contributed by atoms with van der Waals surface area (Å²) in [6.45, 7) is 2.79. The Labute approximate surface area is 269 Å². The highest BCUT2D eigenvalue weighted by Gasteiger charge is 2.70. The first-order valence-electron chi connectivity index (χ1n) is 14.4. The van der Waals surface area contributed by atoms with Gasteiger partial charge in [0.15, 0.2) is 27.4 Å². The normalized spacial score (nSPS) is 19.9. The van der Waals surface area contributed by atoms with Gasteiger partial charge in [0.25, 0.3) is 11.6 Å². The molecule has 13 heteroatoms. The summed E-state index contributed by atoms with van der Waals surface area (Å²) in [5, 5.41) is 9.45. The molecule has 2 aliphatic rings. The van der Waals surface area contributed by atoms with Crippen LogP contribution >= 0.6 is 0 Å². The van der Waals surface area contributed by atoms with E-state index < -0.39 is 54.9 Å². The van der Waals surface area contributed by atoms with Crippen molar-refractivity contribution in [2.45, 2.75) is 36.1 Å². The molecule has 0 radical (unpaired) electrons. The number of esters is 2. The highest BCUT2D eigenvalue weighted by molar-refractivity contribution is 7.94. The summed E-state index contributed by atoms with van der Waals surface area (Å²) < 4.78 is 37.2. The molecule has 0 aliphatic carbocycles. The first-order chi connectivity index (χ1) is 22.4. The first kappa shape index (κ1) is 31.3. The Bertz CT molecular complexity index is 1990. The van der Waals surface area contributed by atoms with Crippen molar-refractivity contribution in [3.05, 3.63) is 141 Å². The van der Waals surface area contributed by atoms with Gasteiger partial charge in [-0.2, -0.15) is 0 Å². The summed E-state index contributed by atoms with van der Waals surface area (Å²) in [5.74, 6) is -2.27. The molecule has 2 aliphatic heterocycles. The topological polar surface area (TPSA) is 163 Å². The number of nitro benzene ring substituents is 1. The lowest BCUT2D eigenvalue weighted by Gasteiger charge is -2.38. The minimum Gasteiger partial charge on any atom is -0.451 e. The number of nitro groups is 1. The van der Waals surface area contributed by atoms with Crippen LogP contribution < -0.4 is 4.74 Å². The van der Waals surface area contributed by atoms with E-state index in [1.165, 1.54) is 62.5 Å². The Balaban J connectivity index is 1.25. The Morgan fingerprint density at radius 3 is 2.13 bits per heavy atom. The van der Waals surface area contributed by atoms with E-state index in [1.807, 2.05) is 12.1 Å². The Hall–Kier alpha value is -5.69. The van der Waals surface area contributed by atoms with Gasteiger partial charge in [-0.1, -0.05) is 60.7 Å². The number of sulfone groups is 1. The fourth-order valence-corrected chi connectivity index (χ4v) is 7.82. The number of carbonyl (C=O) groups excluding carboxylic acids is 3. The number of hydrogen-bond acceptors (Lipinski definition) is 10. The van der Waals surface area contributed by atoms with Crippen molar-refractivity contribution < 1.29 is 37.2 Å². The number of nitrogens with zero attached hydrogens (tertiary/aromatic N) is 3. The van der Waals surface area contributed by atoms with Crippen molar-refractivity contribution in [1.82, 2.24) is 9.88 Å². The molecule has 1 aromatic heterocycles. The molecule has 0 saturated carbocycles. The number of carbonyl (C=O) groups is 3. The molecule has 0 spiro atoms. The van der Waals surface area contributed by atoms with Crippen LogP contribution in [0.5, 0.6) is 5.75 Å². The number of pyridine rings is 1. The van der Waals surface area contributed by atoms with Crippen LogP contribution in [0.3, 0.4) is 0 Å². The van der Waals surface area contributed by atoms with Gasteiger partial charge in [-0.25, -0.2) is 18.0 Å². The van der Waals surface area contributed by atoms with E-state index in [-0.39, 0.29) is 28.3 Å². The maximum Gasteiger partial charge on any atom is 0.343 e. The van der Waals surface area contributed by atoms with Gasteiger partial charge in [-0.3, -0.25) is 19.9 Å². The maximum atomic E-state index is 13.8. The second-order valence-corrected chi connectivity index (χ2v) is 14.1. The van der Waals surface area contributed by atoms with Crippen LogP contribution in [0.15, 0.2) is 109 Å². The number of rotatable bonds is 8. The molecule has 1 amide bonds. The van der Waals surface area contributed by atoms with Crippen LogP contribution in [0.2, 0.25) is 0 Å². The minimum atomic E-state index is -4.14. The van der Waals surface area contributed by atoms with Crippen molar-refractivity contribution in [2.24, 2.45) is 0 Å². The molecule has 2 saturated heterocycles. The molecule has 47 heavy (non-hydrogen) atoms. The van der Waals surface area contributed by atoms with Crippen molar-refractivity contribution in [2.75, 3.05) is 0 Å². The molecule has 12 nitrogen and oxygen atoms in total. The molecule has 0 bridgehead atoms. The van der Waals surface area contributed by atoms with Crippen molar-refractivity contribution in [3.63, 3.8) is 0 Å². The quantitative estimate of drug-likeness (QED) is 0.0652. The summed E-state index contributed by atoms with van der Waals surface area (Å²) >= 11 is 0. The van der Waals surface area contributed by atoms with E-state index in [1.54, 1.807) is 48.5 Å². The smallest absolute Gasteiger partial charge is 0.343 e. The van der Waals surface area contributed by atoms with Gasteiger partial charge in [-0.05, 0) is 55.3 Å². The largest absolute Gasteiger partial charge is 0.451 e. The van der Waals surface area contributed by atoms with E-state index in [0.717, 1.165) is 4.90 Å². The molecule has 3 aromatic carbocycles. The number of non-ortho nitro benzene ring substituents is 1. The van der Waals surface area contributed by atoms with Crippen molar-refractivity contribution in [1.29, 1.82) is 0 Å². The summed E-state index contributed by atoms with van der Waals surface area (Å²) in [7, 11) is -4.14. The molecule has 0 N–H and O–H groups in total. The Morgan fingerprint density at radius 2 is 1.55 bits per heavy atom. The highest BCUT2D eigenvalue weighted by Crippen LogP contribution is 2.49. The molecule has 0 unspecified atom stereocenters. The van der Waals surface area contributed by atoms with E-state index in [4.69, 9.17) is 9.47 Å². The molecular weight excluding hydrogens is 626 g/mol. The van der Waals surface area contributed by atoms with E-state index in [0.29, 0.717) is 11.1 Å². The first-order valence-corrected chi connectivity index (χ1v) is 16.0. The Morgan fingerprint density at radius 1 is 0.957 bits per heavy atom. The number of fused-ring (bicyclic) bond motifs is 1. The fraction of sp³-hybridized carbons (Fsp3) is 0.176. The lowest BCUT2D eigenvalue weighted by molar-refractivity contribution is -0.384. The van der Waals surface area contributed by atoms with Crippen LogP contribution in [0, 0.1) is 10.1 Å². The average Bonchev–Trinajstić information content (AvgIpc) is 3.21. The molecule has 3 heterocycles. The fourth-order valence-electron chi connectivity index (χ4n) is 5.70. The van der Waals surface area contributed by atoms with E-state index in [2.05, 4.69) is 4.98 Å². The van der Waals surface area contributed by atoms with Gasteiger partial charge in [0.05, 0.1) is 21.8 Å². The van der Waals surface area contributed by atoms with Gasteiger partial charge in [-0.15, -0.1) is 0 Å². The zero-order valence-corrected chi connectivity index (χ0v) is 25.9. The Kier molecular flexibility index (Phi) is 7.93. The standard InChI is InChI=1S/C34H27N3O9S/c1-34(2)29(33(40)46-28(21-9-5-3-6-10-21)22-11-7-4-8-12-22)36-30(38)27(31(36)47(34,43)44)20-24-19-23(17-18-35-24)32(39)45-26-15-13-25(14-16-26)37(41)42/h3-20,28-29,31H,1-2H3/t29-,31+/m0/s1. The van der Waals surface area contributed by atoms with Gasteiger partial charge in [0.2, 0.25) is 0 Å². The SMILES string of the molecule is CC1(C)[C@H](C(=O)OC(c2ccccc2)c2ccccc2)N2C(=O)C(=Cc3cc(C(=O)Oc4ccc([N+](=O)[O-])cc4)ccn3)[C@H]2S1(=O)=O. The number of amides is 1. The van der Waals surface area contributed by atoms with Gasteiger partial charge < -0.3 is 14.4 Å². The van der Waals surface area contributed by atoms with Crippen LogP contribution in [0.1, 0.15) is 47.1 Å². The summed E-state index contributed by atoms with van der Waals surface area (Å²) in [6.07, 6.45) is 1.72. The summed E-state index contributed by atoms with van der Waals surface area (Å²) in [6, 6.07) is 24.2. The number of hydrogen-bond donors (Lipinski definition) is 0. The third-order valence-electron chi connectivity index (χ3n) is 8.20. The monoisotopic (exact) mass is 653 g/mol. The van der Waals surface area contributed by atoms with Crippen molar-refractivity contribution >= 4 is 39.4 Å². The van der Waals surface area contributed by atoms with Gasteiger partial charge in [0, 0.05) is 18.3 Å². The zero-order valence-electron chi connectivity index (χ0n) is 25.0. The lowest BCUT2D eigenvalue weighted by atomic mass is 9.94. The molecule has 238 valence electrons. The van der Waals surface area contributed by atoms with Crippen LogP contribution in [0.4, 0.5) is 5.69 Å². The molecule has 4 aromatic rings. The number of benzene rings is 3. The molecular formula is C34H27N3O9S. The van der Waals surface area contributed by atoms with Crippen LogP contribution in [0.25, 0.3) is 6.08 Å². The number of aromatic nitrogens is 1. The third-order valence-corrected chi connectivity index (χ3v) is 11.0. The second-order valence-electron chi connectivity index (χ2n) is 11.5. The summed E-state index contributed by atoms with van der Waals surface area (Å²) in [5.41, 5.74) is 1.22. The van der Waals surface area contributed by atoms with Crippen molar-refractivity contribution in [3.8, 4) is 5.75 Å². The lowest BCUT2D eigenvalue weighted by Crippen LogP contribution is -2.59. The highest BCUT2D eigenvalue weighted by atomic mass is 32.2. The van der Waals surface area contributed by atoms with E-state index >= 15 is 0 Å². The van der Waals surface area contributed by atoms with Gasteiger partial charge >= 0.3 is 11.9 Å². The predicted octanol–water partition coefficient (Wildman–Crippen LogP) is 4.67. The molecule has 2 fully saturated rings. The summed E-state index contributed by atoms with van der Waals surface area (Å²) in [4.78, 5) is 55.6. The number of ether oxygens (including phenoxy) is 2. The second kappa shape index (κ2) is 11.9. The minimum absolute atomic E-state index is 0.0396. The maximum absolute atomic E-state index is 13.8. The predicted molar refractivity (Wildman–Crippen MR) is 169 cm³/mol. The molecule has 2 atom stereocenters. The van der Waals surface area contributed by atoms with E-state index in [9.17, 15) is 32.9 Å². The number of β-lactam (4-membered cyclic amide) rings is 1. The van der Waals surface area contributed by atoms with Gasteiger partial charge in [0.1, 0.15) is 10.5 Å². The third kappa shape index (κ3) is 5.54. The van der Waals surface area contributed by atoms with Crippen LogP contribution in [-0.2, 0) is 24.2 Å². The average molecular weight is 654 g/mol. The zero-order chi connectivity index (χ0) is 33.5. The van der Waals surface area contributed by atoms with Crippen LogP contribution in [-0.4, -0.2) is 57.2 Å².